The van der Waals surface area contributed by atoms with Crippen LogP contribution in [0.2, 0.25) is 16.6 Å². The number of ether oxygens (including phenoxy) is 1. The number of hydrogen-bond donors (Lipinski definition) is 2. The summed E-state index contributed by atoms with van der Waals surface area (Å²) in [7, 11) is -2.10. The first kappa shape index (κ1) is 31.6. The number of carbonyl (C=O) groups is 2. The molecule has 3 rings (SSSR count). The maximum atomic E-state index is 13.6. The minimum atomic E-state index is -2.10. The smallest absolute Gasteiger partial charge is 0.407 e. The molecule has 9 heteroatoms. The number of rotatable bonds is 11. The van der Waals surface area contributed by atoms with Gasteiger partial charge in [-0.1, -0.05) is 53.7 Å². The first-order valence-electron chi connectivity index (χ1n) is 14.1. The van der Waals surface area contributed by atoms with Gasteiger partial charge in [-0.15, -0.1) is 0 Å². The molecule has 1 unspecified atom stereocenters. The highest BCUT2D eigenvalue weighted by Gasteiger charge is 2.47. The molecule has 0 bridgehead atoms. The number of hydrogen-bond acceptors (Lipinski definition) is 6. The van der Waals surface area contributed by atoms with Crippen LogP contribution in [0, 0.1) is 0 Å². The summed E-state index contributed by atoms with van der Waals surface area (Å²) in [5, 5.41) is 6.90. The summed E-state index contributed by atoms with van der Waals surface area (Å²) in [5.41, 5.74) is 2.36. The zero-order chi connectivity index (χ0) is 29.7. The van der Waals surface area contributed by atoms with E-state index in [1.807, 2.05) is 69.4 Å². The van der Waals surface area contributed by atoms with Gasteiger partial charge in [0.1, 0.15) is 11.4 Å². The zero-order valence-corrected chi connectivity index (χ0v) is 27.1. The van der Waals surface area contributed by atoms with E-state index in [0.29, 0.717) is 35.3 Å². The van der Waals surface area contributed by atoms with Crippen LogP contribution < -0.4 is 15.1 Å². The molecule has 0 spiro atoms. The molecule has 3 aromatic rings. The van der Waals surface area contributed by atoms with Gasteiger partial charge in [0.2, 0.25) is 5.91 Å². The van der Waals surface area contributed by atoms with Gasteiger partial charge in [-0.05, 0) is 91.2 Å². The third-order valence-corrected chi connectivity index (χ3v) is 14.1. The molecule has 1 atom stereocenters. The van der Waals surface area contributed by atoms with Crippen LogP contribution >= 0.6 is 11.5 Å². The lowest BCUT2D eigenvalue weighted by Crippen LogP contribution is -2.50. The maximum Gasteiger partial charge on any atom is 0.407 e. The summed E-state index contributed by atoms with van der Waals surface area (Å²) in [6.07, 6.45) is 1.73. The van der Waals surface area contributed by atoms with Crippen molar-refractivity contribution in [2.45, 2.75) is 96.9 Å². The molecule has 0 fully saturated rings. The predicted octanol–water partition coefficient (Wildman–Crippen LogP) is 8.49. The van der Waals surface area contributed by atoms with Crippen LogP contribution in [-0.2, 0) is 9.53 Å². The fourth-order valence-electron chi connectivity index (χ4n) is 5.57. The fraction of sp³-hybridized carbons (Fsp3) is 0.516. The molecule has 1 aromatic heterocycles. The number of alkyl carbamates (subject to hydrolysis) is 1. The van der Waals surface area contributed by atoms with Gasteiger partial charge in [0.25, 0.3) is 8.32 Å². The van der Waals surface area contributed by atoms with Crippen LogP contribution in [0.4, 0.5) is 10.5 Å². The zero-order valence-electron chi connectivity index (χ0n) is 25.3. The Kier molecular flexibility index (Phi) is 10.4. The van der Waals surface area contributed by atoms with Gasteiger partial charge in [0, 0.05) is 23.8 Å². The van der Waals surface area contributed by atoms with E-state index in [2.05, 4.69) is 56.5 Å². The predicted molar refractivity (Wildman–Crippen MR) is 168 cm³/mol. The van der Waals surface area contributed by atoms with Crippen molar-refractivity contribution in [3.63, 3.8) is 0 Å². The Hall–Kier alpha value is -2.91. The molecule has 1 heterocycles. The molecule has 2 N–H and O–H groups in total. The Bertz CT molecular complexity index is 1260. The SMILES string of the molecule is CC(C)[Si](Oc1ccc(C(CCNC(=O)OC(C)(C)C)C(=O)Nc2ccc3cnsc3c2)cc1)(C(C)C)C(C)C. The first-order valence-corrected chi connectivity index (χ1v) is 17.1. The van der Waals surface area contributed by atoms with Gasteiger partial charge in [-0.3, -0.25) is 4.79 Å². The van der Waals surface area contributed by atoms with Gasteiger partial charge in [-0.25, -0.2) is 4.79 Å². The van der Waals surface area contributed by atoms with Crippen molar-refractivity contribution in [2.24, 2.45) is 0 Å². The molecule has 40 heavy (non-hydrogen) atoms. The fourth-order valence-corrected chi connectivity index (χ4v) is 11.5. The van der Waals surface area contributed by atoms with Gasteiger partial charge < -0.3 is 19.8 Å². The number of fused-ring (bicyclic) bond motifs is 1. The third kappa shape index (κ3) is 7.85. The second-order valence-electron chi connectivity index (χ2n) is 12.3. The largest absolute Gasteiger partial charge is 0.543 e. The molecular weight excluding hydrogens is 539 g/mol. The Morgan fingerprint density at radius 2 is 1.57 bits per heavy atom. The van der Waals surface area contributed by atoms with Crippen LogP contribution in [0.3, 0.4) is 0 Å². The van der Waals surface area contributed by atoms with Gasteiger partial charge in [0.05, 0.1) is 10.6 Å². The number of anilines is 1. The lowest BCUT2D eigenvalue weighted by atomic mass is 9.94. The second-order valence-corrected chi connectivity index (χ2v) is 18.5. The summed E-state index contributed by atoms with van der Waals surface area (Å²) in [4.78, 5) is 25.8. The van der Waals surface area contributed by atoms with E-state index in [4.69, 9.17) is 9.16 Å². The second kappa shape index (κ2) is 13.2. The highest BCUT2D eigenvalue weighted by atomic mass is 32.1. The summed E-state index contributed by atoms with van der Waals surface area (Å²) >= 11 is 1.39. The normalized spacial score (nSPS) is 13.1. The summed E-state index contributed by atoms with van der Waals surface area (Å²) < 4.78 is 17.4. The monoisotopic (exact) mass is 583 g/mol. The number of nitrogens with zero attached hydrogens (tertiary/aromatic N) is 1. The quantitative estimate of drug-likeness (QED) is 0.221. The van der Waals surface area contributed by atoms with Gasteiger partial charge in [-0.2, -0.15) is 4.37 Å². The van der Waals surface area contributed by atoms with E-state index in [1.54, 1.807) is 0 Å². The molecule has 2 aromatic carbocycles. The molecule has 7 nitrogen and oxygen atoms in total. The van der Waals surface area contributed by atoms with Crippen LogP contribution in [-0.4, -0.2) is 36.8 Å². The molecule has 0 aliphatic carbocycles. The summed E-state index contributed by atoms with van der Waals surface area (Å²) in [6.45, 7) is 19.4. The molecule has 0 saturated heterocycles. The Balaban J connectivity index is 1.82. The molecule has 218 valence electrons. The summed E-state index contributed by atoms with van der Waals surface area (Å²) in [5.74, 6) is 0.218. The van der Waals surface area contributed by atoms with Gasteiger partial charge >= 0.3 is 6.09 Å². The molecule has 0 aliphatic heterocycles. The number of benzene rings is 2. The molecule has 0 aliphatic rings. The van der Waals surface area contributed by atoms with Crippen molar-refractivity contribution >= 4 is 47.6 Å². The summed E-state index contributed by atoms with van der Waals surface area (Å²) in [6, 6.07) is 13.7. The van der Waals surface area contributed by atoms with E-state index >= 15 is 0 Å². The maximum absolute atomic E-state index is 13.6. The van der Waals surface area contributed by atoms with Crippen LogP contribution in [0.5, 0.6) is 5.75 Å². The van der Waals surface area contributed by atoms with Gasteiger partial charge in [0.15, 0.2) is 0 Å². The first-order chi connectivity index (χ1) is 18.7. The van der Waals surface area contributed by atoms with E-state index < -0.39 is 25.9 Å². The van der Waals surface area contributed by atoms with Crippen molar-refractivity contribution in [3.05, 3.63) is 54.2 Å². The molecule has 0 saturated carbocycles. The number of nitrogens with one attached hydrogen (secondary N) is 2. The van der Waals surface area contributed by atoms with Crippen LogP contribution in [0.1, 0.15) is 80.2 Å². The van der Waals surface area contributed by atoms with E-state index in [-0.39, 0.29) is 5.91 Å². The Morgan fingerprint density at radius 1 is 0.950 bits per heavy atom. The molecule has 0 radical (unpaired) electrons. The highest BCUT2D eigenvalue weighted by Crippen LogP contribution is 2.43. The molecule has 2 amide bonds. The van der Waals surface area contributed by atoms with E-state index in [0.717, 1.165) is 21.4 Å². The lowest BCUT2D eigenvalue weighted by molar-refractivity contribution is -0.117. The minimum absolute atomic E-state index is 0.140. The third-order valence-electron chi connectivity index (χ3n) is 7.33. The molecular formula is C31H45N3O4SSi. The van der Waals surface area contributed by atoms with Crippen molar-refractivity contribution < 1.29 is 18.8 Å². The van der Waals surface area contributed by atoms with E-state index in [9.17, 15) is 9.59 Å². The van der Waals surface area contributed by atoms with Crippen molar-refractivity contribution in [2.75, 3.05) is 11.9 Å². The van der Waals surface area contributed by atoms with Crippen molar-refractivity contribution in [1.82, 2.24) is 9.69 Å². The number of carbonyl (C=O) groups excluding carboxylic acids is 2. The average Bonchev–Trinajstić information content (AvgIpc) is 3.32. The lowest BCUT2D eigenvalue weighted by Gasteiger charge is -2.42. The highest BCUT2D eigenvalue weighted by molar-refractivity contribution is 7.13. The number of amides is 2. The van der Waals surface area contributed by atoms with Crippen molar-refractivity contribution in [1.29, 1.82) is 0 Å². The average molecular weight is 584 g/mol. The van der Waals surface area contributed by atoms with E-state index in [1.165, 1.54) is 11.5 Å². The Labute approximate surface area is 244 Å². The topological polar surface area (TPSA) is 89.5 Å². The van der Waals surface area contributed by atoms with Crippen LogP contribution in [0.25, 0.3) is 10.1 Å². The van der Waals surface area contributed by atoms with Crippen molar-refractivity contribution in [3.8, 4) is 5.75 Å². The number of aromatic nitrogens is 1. The van der Waals surface area contributed by atoms with Crippen LogP contribution in [0.15, 0.2) is 48.7 Å². The minimum Gasteiger partial charge on any atom is -0.543 e. The Morgan fingerprint density at radius 3 is 2.15 bits per heavy atom. The standard InChI is InChI=1S/C31H45N3O4SSi/c1-20(2)40(21(3)4,22(5)6)38-26-14-11-23(12-15-26)27(16-17-32-30(36)37-31(7,8)9)29(35)34-25-13-10-24-19-33-39-28(24)18-25/h10-15,18-22,27H,16-17H2,1-9H3,(H,32,36)(H,34,35).